The average molecular weight is 247 g/mol. The third-order valence-corrected chi connectivity index (χ3v) is 6.15. The maximum atomic E-state index is 6.19. The maximum Gasteiger partial charge on any atom is 0.137 e. The molecule has 1 saturated carbocycles. The predicted molar refractivity (Wildman–Crippen MR) is 64.3 cm³/mol. The van der Waals surface area contributed by atoms with Crippen LogP contribution in [0.2, 0.25) is 0 Å². The van der Waals surface area contributed by atoms with Gasteiger partial charge in [0.15, 0.2) is 0 Å². The minimum Gasteiger partial charge on any atom is -0.119 e. The first-order chi connectivity index (χ1) is 6.46. The van der Waals surface area contributed by atoms with E-state index in [0.29, 0.717) is 5.25 Å². The van der Waals surface area contributed by atoms with E-state index in [-0.39, 0.29) is 5.41 Å². The van der Waals surface area contributed by atoms with Gasteiger partial charge in [0.25, 0.3) is 0 Å². The second kappa shape index (κ2) is 3.33. The Balaban J connectivity index is 2.09. The van der Waals surface area contributed by atoms with Crippen molar-refractivity contribution in [2.24, 2.45) is 5.41 Å². The molecule has 0 radical (unpaired) electrons. The van der Waals surface area contributed by atoms with Crippen LogP contribution in [0.15, 0.2) is 35.2 Å². The molecule has 76 valence electrons. The molecule has 0 heterocycles. The van der Waals surface area contributed by atoms with Crippen LogP contribution in [-0.4, -0.2) is 9.58 Å². The SMILES string of the molecule is CC1(C)C(Sc2ccccc2)C1(Cl)Cl. The van der Waals surface area contributed by atoms with Crippen LogP contribution < -0.4 is 0 Å². The van der Waals surface area contributed by atoms with Crippen molar-refractivity contribution in [3.8, 4) is 0 Å². The van der Waals surface area contributed by atoms with Crippen LogP contribution in [0.4, 0.5) is 0 Å². The third kappa shape index (κ3) is 1.56. The van der Waals surface area contributed by atoms with Crippen molar-refractivity contribution in [3.05, 3.63) is 30.3 Å². The van der Waals surface area contributed by atoms with Crippen molar-refractivity contribution in [1.82, 2.24) is 0 Å². The molecule has 0 amide bonds. The summed E-state index contributed by atoms with van der Waals surface area (Å²) in [5.74, 6) is 0. The van der Waals surface area contributed by atoms with Crippen molar-refractivity contribution in [2.45, 2.75) is 28.3 Å². The molecule has 0 aliphatic heterocycles. The van der Waals surface area contributed by atoms with Crippen molar-refractivity contribution in [1.29, 1.82) is 0 Å². The van der Waals surface area contributed by atoms with E-state index in [4.69, 9.17) is 23.2 Å². The smallest absolute Gasteiger partial charge is 0.119 e. The van der Waals surface area contributed by atoms with Gasteiger partial charge in [0.05, 0.1) is 5.25 Å². The molecule has 1 aliphatic carbocycles. The van der Waals surface area contributed by atoms with Crippen LogP contribution in [0, 0.1) is 5.41 Å². The first-order valence-corrected chi connectivity index (χ1v) is 6.19. The lowest BCUT2D eigenvalue weighted by molar-refractivity contribution is 0.644. The molecule has 0 bridgehead atoms. The first-order valence-electron chi connectivity index (χ1n) is 4.56. The van der Waals surface area contributed by atoms with Crippen LogP contribution in [0.5, 0.6) is 0 Å². The van der Waals surface area contributed by atoms with Crippen LogP contribution >= 0.6 is 35.0 Å². The highest BCUT2D eigenvalue weighted by Crippen LogP contribution is 2.69. The molecule has 1 atom stereocenters. The molecule has 0 spiro atoms. The Morgan fingerprint density at radius 1 is 1.14 bits per heavy atom. The Morgan fingerprint density at radius 2 is 1.64 bits per heavy atom. The number of benzene rings is 1. The zero-order valence-corrected chi connectivity index (χ0v) is 10.5. The minimum absolute atomic E-state index is 0.0105. The Kier molecular flexibility index (Phi) is 2.53. The fraction of sp³-hybridized carbons (Fsp3) is 0.455. The summed E-state index contributed by atoms with van der Waals surface area (Å²) in [7, 11) is 0. The number of alkyl halides is 2. The summed E-state index contributed by atoms with van der Waals surface area (Å²) < 4.78 is -0.576. The van der Waals surface area contributed by atoms with E-state index in [9.17, 15) is 0 Å². The Morgan fingerprint density at radius 3 is 2.07 bits per heavy atom. The van der Waals surface area contributed by atoms with Crippen LogP contribution in [0.25, 0.3) is 0 Å². The molecule has 0 N–H and O–H groups in total. The van der Waals surface area contributed by atoms with Crippen molar-refractivity contribution in [3.63, 3.8) is 0 Å². The van der Waals surface area contributed by atoms with Gasteiger partial charge in [-0.25, -0.2) is 0 Å². The largest absolute Gasteiger partial charge is 0.137 e. The summed E-state index contributed by atoms with van der Waals surface area (Å²) in [5, 5.41) is 0.292. The van der Waals surface area contributed by atoms with Gasteiger partial charge < -0.3 is 0 Å². The summed E-state index contributed by atoms with van der Waals surface area (Å²) in [6, 6.07) is 10.2. The lowest BCUT2D eigenvalue weighted by atomic mass is 10.2. The average Bonchev–Trinajstić information content (AvgIpc) is 2.50. The van der Waals surface area contributed by atoms with Crippen LogP contribution in [0.3, 0.4) is 0 Å². The summed E-state index contributed by atoms with van der Waals surface area (Å²) in [6.07, 6.45) is 0. The molecular formula is C11H12Cl2S. The van der Waals surface area contributed by atoms with E-state index in [1.807, 2.05) is 18.2 Å². The molecule has 2 rings (SSSR count). The molecule has 1 unspecified atom stereocenters. The number of hydrogen-bond donors (Lipinski definition) is 0. The highest BCUT2D eigenvalue weighted by atomic mass is 35.5. The van der Waals surface area contributed by atoms with E-state index in [1.54, 1.807) is 11.8 Å². The summed E-state index contributed by atoms with van der Waals surface area (Å²) in [4.78, 5) is 1.23. The summed E-state index contributed by atoms with van der Waals surface area (Å²) >= 11 is 14.1. The Bertz CT molecular complexity index is 318. The molecule has 14 heavy (non-hydrogen) atoms. The van der Waals surface area contributed by atoms with Crippen molar-refractivity contribution in [2.75, 3.05) is 0 Å². The van der Waals surface area contributed by atoms with E-state index in [1.165, 1.54) is 4.90 Å². The standard InChI is InChI=1S/C11H12Cl2S/c1-10(2)9(11(10,12)13)14-8-6-4-3-5-7-8/h3-7,9H,1-2H3. The zero-order chi connectivity index (χ0) is 10.4. The minimum atomic E-state index is -0.576. The lowest BCUT2D eigenvalue weighted by Gasteiger charge is -2.00. The molecule has 0 aromatic heterocycles. The molecule has 1 fully saturated rings. The van der Waals surface area contributed by atoms with Gasteiger partial charge in [0.1, 0.15) is 4.33 Å². The molecule has 0 nitrogen and oxygen atoms in total. The molecular weight excluding hydrogens is 235 g/mol. The fourth-order valence-electron chi connectivity index (χ4n) is 1.47. The lowest BCUT2D eigenvalue weighted by Crippen LogP contribution is -1.96. The number of rotatable bonds is 2. The fourth-order valence-corrected chi connectivity index (χ4v) is 3.97. The van der Waals surface area contributed by atoms with Gasteiger partial charge in [-0.05, 0) is 12.1 Å². The molecule has 1 aromatic carbocycles. The molecule has 3 heteroatoms. The van der Waals surface area contributed by atoms with Gasteiger partial charge >= 0.3 is 0 Å². The number of halogens is 2. The van der Waals surface area contributed by atoms with Gasteiger partial charge in [-0.1, -0.05) is 55.2 Å². The predicted octanol–water partition coefficient (Wildman–Crippen LogP) is 4.36. The van der Waals surface area contributed by atoms with Crippen molar-refractivity contribution < 1.29 is 0 Å². The highest BCUT2D eigenvalue weighted by Gasteiger charge is 2.70. The first kappa shape index (κ1) is 10.7. The zero-order valence-electron chi connectivity index (χ0n) is 8.13. The summed E-state index contributed by atoms with van der Waals surface area (Å²) in [5.41, 5.74) is 0.0105. The number of hydrogen-bond acceptors (Lipinski definition) is 1. The van der Waals surface area contributed by atoms with Gasteiger partial charge in [-0.3, -0.25) is 0 Å². The van der Waals surface area contributed by atoms with E-state index < -0.39 is 4.33 Å². The quantitative estimate of drug-likeness (QED) is 0.699. The van der Waals surface area contributed by atoms with Crippen LogP contribution in [-0.2, 0) is 0 Å². The van der Waals surface area contributed by atoms with E-state index in [0.717, 1.165) is 0 Å². The third-order valence-electron chi connectivity index (χ3n) is 2.76. The Hall–Kier alpha value is 0.150. The van der Waals surface area contributed by atoms with Gasteiger partial charge in [0.2, 0.25) is 0 Å². The molecule has 0 saturated heterocycles. The second-order valence-electron chi connectivity index (χ2n) is 4.16. The highest BCUT2D eigenvalue weighted by molar-refractivity contribution is 8.00. The maximum absolute atomic E-state index is 6.19. The van der Waals surface area contributed by atoms with Gasteiger partial charge in [-0.2, -0.15) is 0 Å². The second-order valence-corrected chi connectivity index (χ2v) is 6.72. The normalized spacial score (nSPS) is 27.3. The van der Waals surface area contributed by atoms with Gasteiger partial charge in [-0.15, -0.1) is 11.8 Å². The van der Waals surface area contributed by atoms with E-state index >= 15 is 0 Å². The van der Waals surface area contributed by atoms with Gasteiger partial charge in [0, 0.05) is 10.3 Å². The van der Waals surface area contributed by atoms with E-state index in [2.05, 4.69) is 26.0 Å². The monoisotopic (exact) mass is 246 g/mol. The summed E-state index contributed by atoms with van der Waals surface area (Å²) in [6.45, 7) is 4.21. The molecule has 1 aromatic rings. The van der Waals surface area contributed by atoms with Crippen molar-refractivity contribution >= 4 is 35.0 Å². The topological polar surface area (TPSA) is 0 Å². The number of thioether (sulfide) groups is 1. The molecule has 1 aliphatic rings. The van der Waals surface area contributed by atoms with Crippen LogP contribution in [0.1, 0.15) is 13.8 Å². The Labute approximate surface area is 99.0 Å².